The number of rotatable bonds is 4. The molecule has 0 saturated carbocycles. The summed E-state index contributed by atoms with van der Waals surface area (Å²) in [7, 11) is 0. The highest BCUT2D eigenvalue weighted by Gasteiger charge is 2.07. The second-order valence-electron chi connectivity index (χ2n) is 4.14. The maximum atomic E-state index is 13.7. The Labute approximate surface area is 106 Å². The number of ether oxygens (including phenoxy) is 1. The van der Waals surface area contributed by atoms with Crippen molar-refractivity contribution >= 4 is 0 Å². The summed E-state index contributed by atoms with van der Waals surface area (Å²) >= 11 is 0. The molecule has 0 aromatic heterocycles. The average molecular weight is 246 g/mol. The summed E-state index contributed by atoms with van der Waals surface area (Å²) < 4.78 is 19.1. The molecular formula is C15H15FO2. The minimum atomic E-state index is -0.678. The van der Waals surface area contributed by atoms with Crippen LogP contribution in [-0.2, 0) is 6.61 Å². The largest absolute Gasteiger partial charge is 0.486 e. The molecule has 2 nitrogen and oxygen atoms in total. The van der Waals surface area contributed by atoms with Crippen LogP contribution in [0.1, 0.15) is 24.2 Å². The van der Waals surface area contributed by atoms with E-state index in [-0.39, 0.29) is 5.75 Å². The van der Waals surface area contributed by atoms with E-state index in [1.54, 1.807) is 19.1 Å². The van der Waals surface area contributed by atoms with Gasteiger partial charge in [-0.25, -0.2) is 4.39 Å². The van der Waals surface area contributed by atoms with Crippen molar-refractivity contribution in [3.8, 4) is 5.75 Å². The molecule has 0 aliphatic heterocycles. The van der Waals surface area contributed by atoms with Gasteiger partial charge in [-0.3, -0.25) is 0 Å². The van der Waals surface area contributed by atoms with Gasteiger partial charge >= 0.3 is 0 Å². The SMILES string of the molecule is C[C@H](O)c1ccc(OCc2ccccc2)c(F)c1. The highest BCUT2D eigenvalue weighted by Crippen LogP contribution is 2.22. The van der Waals surface area contributed by atoms with E-state index in [0.29, 0.717) is 12.2 Å². The third-order valence-electron chi connectivity index (χ3n) is 2.68. The Kier molecular flexibility index (Phi) is 3.95. The third kappa shape index (κ3) is 3.08. The number of halogens is 1. The zero-order chi connectivity index (χ0) is 13.0. The van der Waals surface area contributed by atoms with Crippen LogP contribution in [0, 0.1) is 5.82 Å². The molecule has 2 rings (SSSR count). The van der Waals surface area contributed by atoms with E-state index in [0.717, 1.165) is 5.56 Å². The van der Waals surface area contributed by atoms with Crippen LogP contribution in [0.4, 0.5) is 4.39 Å². The highest BCUT2D eigenvalue weighted by atomic mass is 19.1. The molecular weight excluding hydrogens is 231 g/mol. The number of hydrogen-bond donors (Lipinski definition) is 1. The number of aliphatic hydroxyl groups is 1. The summed E-state index contributed by atoms with van der Waals surface area (Å²) in [6.45, 7) is 1.92. The molecule has 0 bridgehead atoms. The van der Waals surface area contributed by atoms with Crippen molar-refractivity contribution in [2.75, 3.05) is 0 Å². The molecule has 18 heavy (non-hydrogen) atoms. The maximum absolute atomic E-state index is 13.7. The second-order valence-corrected chi connectivity index (χ2v) is 4.14. The second kappa shape index (κ2) is 5.65. The van der Waals surface area contributed by atoms with Crippen LogP contribution in [0.2, 0.25) is 0 Å². The van der Waals surface area contributed by atoms with Crippen LogP contribution >= 0.6 is 0 Å². The molecule has 3 heteroatoms. The minimum Gasteiger partial charge on any atom is -0.486 e. The lowest BCUT2D eigenvalue weighted by Gasteiger charge is -2.10. The average Bonchev–Trinajstić information content (AvgIpc) is 2.38. The first kappa shape index (κ1) is 12.6. The fourth-order valence-corrected chi connectivity index (χ4v) is 1.63. The lowest BCUT2D eigenvalue weighted by molar-refractivity contribution is 0.198. The molecule has 1 atom stereocenters. The first-order valence-corrected chi connectivity index (χ1v) is 5.81. The highest BCUT2D eigenvalue weighted by molar-refractivity contribution is 5.30. The Bertz CT molecular complexity index is 509. The fourth-order valence-electron chi connectivity index (χ4n) is 1.63. The molecule has 0 spiro atoms. The Hall–Kier alpha value is -1.87. The Morgan fingerprint density at radius 1 is 1.17 bits per heavy atom. The first-order chi connectivity index (χ1) is 8.66. The first-order valence-electron chi connectivity index (χ1n) is 5.81. The van der Waals surface area contributed by atoms with Crippen molar-refractivity contribution in [1.29, 1.82) is 0 Å². The Balaban J connectivity index is 2.06. The number of benzene rings is 2. The van der Waals surface area contributed by atoms with Gasteiger partial charge < -0.3 is 9.84 Å². The Morgan fingerprint density at radius 2 is 1.89 bits per heavy atom. The maximum Gasteiger partial charge on any atom is 0.165 e. The standard InChI is InChI=1S/C15H15FO2/c1-11(17)13-7-8-15(14(16)9-13)18-10-12-5-3-2-4-6-12/h2-9,11,17H,10H2,1H3/t11-/m0/s1. The minimum absolute atomic E-state index is 0.197. The van der Waals surface area contributed by atoms with Crippen LogP contribution in [0.15, 0.2) is 48.5 Å². The van der Waals surface area contributed by atoms with Gasteiger partial charge in [0.05, 0.1) is 6.10 Å². The fraction of sp³-hybridized carbons (Fsp3) is 0.200. The molecule has 94 valence electrons. The van der Waals surface area contributed by atoms with Crippen molar-refractivity contribution < 1.29 is 14.2 Å². The van der Waals surface area contributed by atoms with E-state index in [1.165, 1.54) is 6.07 Å². The predicted molar refractivity (Wildman–Crippen MR) is 67.8 cm³/mol. The van der Waals surface area contributed by atoms with Gasteiger partial charge in [0.25, 0.3) is 0 Å². The Morgan fingerprint density at radius 3 is 2.50 bits per heavy atom. The van der Waals surface area contributed by atoms with Crippen LogP contribution < -0.4 is 4.74 Å². The predicted octanol–water partition coefficient (Wildman–Crippen LogP) is 3.46. The van der Waals surface area contributed by atoms with E-state index in [1.807, 2.05) is 30.3 Å². The summed E-state index contributed by atoms with van der Waals surface area (Å²) in [4.78, 5) is 0. The summed E-state index contributed by atoms with van der Waals surface area (Å²) in [5.74, 6) is -0.257. The van der Waals surface area contributed by atoms with Gasteiger partial charge in [0.1, 0.15) is 6.61 Å². The molecule has 0 radical (unpaired) electrons. The summed E-state index contributed by atoms with van der Waals surface area (Å²) in [5.41, 5.74) is 1.52. The summed E-state index contributed by atoms with van der Waals surface area (Å²) in [6.07, 6.45) is -0.678. The van der Waals surface area contributed by atoms with Gasteiger partial charge in [0.15, 0.2) is 11.6 Å². The van der Waals surface area contributed by atoms with Crippen molar-refractivity contribution in [2.45, 2.75) is 19.6 Å². The van der Waals surface area contributed by atoms with Crippen LogP contribution in [0.25, 0.3) is 0 Å². The van der Waals surface area contributed by atoms with Gasteiger partial charge in [-0.2, -0.15) is 0 Å². The topological polar surface area (TPSA) is 29.5 Å². The zero-order valence-corrected chi connectivity index (χ0v) is 10.1. The van der Waals surface area contributed by atoms with Crippen molar-refractivity contribution in [3.05, 3.63) is 65.5 Å². The number of hydrogen-bond acceptors (Lipinski definition) is 2. The molecule has 1 N–H and O–H groups in total. The molecule has 0 aliphatic carbocycles. The van der Waals surface area contributed by atoms with Crippen LogP contribution in [0.5, 0.6) is 5.75 Å². The van der Waals surface area contributed by atoms with E-state index >= 15 is 0 Å². The van der Waals surface area contributed by atoms with Crippen molar-refractivity contribution in [1.82, 2.24) is 0 Å². The van der Waals surface area contributed by atoms with Gasteiger partial charge in [-0.05, 0) is 30.2 Å². The zero-order valence-electron chi connectivity index (χ0n) is 10.1. The molecule has 0 heterocycles. The number of aliphatic hydroxyl groups excluding tert-OH is 1. The molecule has 0 unspecified atom stereocenters. The van der Waals surface area contributed by atoms with E-state index < -0.39 is 11.9 Å². The molecule has 0 fully saturated rings. The molecule has 0 amide bonds. The van der Waals surface area contributed by atoms with Crippen LogP contribution in [-0.4, -0.2) is 5.11 Å². The van der Waals surface area contributed by atoms with Gasteiger partial charge in [0.2, 0.25) is 0 Å². The third-order valence-corrected chi connectivity index (χ3v) is 2.68. The van der Waals surface area contributed by atoms with E-state index in [2.05, 4.69) is 0 Å². The lowest BCUT2D eigenvalue weighted by atomic mass is 10.1. The molecule has 2 aromatic rings. The van der Waals surface area contributed by atoms with Crippen molar-refractivity contribution in [2.24, 2.45) is 0 Å². The van der Waals surface area contributed by atoms with Crippen LogP contribution in [0.3, 0.4) is 0 Å². The van der Waals surface area contributed by atoms with E-state index in [4.69, 9.17) is 4.74 Å². The van der Waals surface area contributed by atoms with Gasteiger partial charge in [0, 0.05) is 0 Å². The quantitative estimate of drug-likeness (QED) is 0.895. The van der Waals surface area contributed by atoms with E-state index in [9.17, 15) is 9.50 Å². The normalized spacial score (nSPS) is 12.2. The molecule has 0 saturated heterocycles. The lowest BCUT2D eigenvalue weighted by Crippen LogP contribution is -1.99. The molecule has 0 aliphatic rings. The van der Waals surface area contributed by atoms with Gasteiger partial charge in [-0.1, -0.05) is 36.4 Å². The summed E-state index contributed by atoms with van der Waals surface area (Å²) in [6, 6.07) is 14.1. The monoisotopic (exact) mass is 246 g/mol. The smallest absolute Gasteiger partial charge is 0.165 e. The molecule has 2 aromatic carbocycles. The van der Waals surface area contributed by atoms with Crippen molar-refractivity contribution in [3.63, 3.8) is 0 Å². The van der Waals surface area contributed by atoms with Gasteiger partial charge in [-0.15, -0.1) is 0 Å². The summed E-state index contributed by atoms with van der Waals surface area (Å²) in [5, 5.41) is 9.34.